The molecule has 0 aliphatic carbocycles. The summed E-state index contributed by atoms with van der Waals surface area (Å²) in [6.45, 7) is 3.54. The van der Waals surface area contributed by atoms with Gasteiger partial charge in [0.15, 0.2) is 0 Å². The van der Waals surface area contributed by atoms with Crippen molar-refractivity contribution in [3.8, 4) is 0 Å². The molecule has 92 valence electrons. The number of benzene rings is 1. The molecule has 1 aliphatic rings. The van der Waals surface area contributed by atoms with Crippen LogP contribution in [0.4, 0.5) is 0 Å². The zero-order chi connectivity index (χ0) is 12.3. The van der Waals surface area contributed by atoms with Gasteiger partial charge in [0.2, 0.25) is 0 Å². The standard InChI is InChI=1S/C14H18O3/c1-11-5-2-3-6-12(11)14(9-17-10-14)8-4-7-13(15)16/h2-3,5-6H,4,7-10H2,1H3,(H,15,16). The fraction of sp³-hybridized carbons (Fsp3) is 0.500. The van der Waals surface area contributed by atoms with Crippen LogP contribution >= 0.6 is 0 Å². The molecule has 1 fully saturated rings. The molecule has 0 unspecified atom stereocenters. The maximum absolute atomic E-state index is 10.6. The average molecular weight is 234 g/mol. The lowest BCUT2D eigenvalue weighted by Crippen LogP contribution is -2.47. The van der Waals surface area contributed by atoms with Crippen LogP contribution in [-0.4, -0.2) is 24.3 Å². The third-order valence-electron chi connectivity index (χ3n) is 3.52. The van der Waals surface area contributed by atoms with E-state index in [4.69, 9.17) is 9.84 Å². The summed E-state index contributed by atoms with van der Waals surface area (Å²) >= 11 is 0. The minimum Gasteiger partial charge on any atom is -0.481 e. The van der Waals surface area contributed by atoms with Gasteiger partial charge in [0.25, 0.3) is 0 Å². The molecule has 3 heteroatoms. The topological polar surface area (TPSA) is 46.5 Å². The molecule has 1 aromatic carbocycles. The normalized spacial score (nSPS) is 17.5. The summed E-state index contributed by atoms with van der Waals surface area (Å²) in [5.41, 5.74) is 2.64. The molecule has 17 heavy (non-hydrogen) atoms. The first kappa shape index (κ1) is 12.1. The van der Waals surface area contributed by atoms with Gasteiger partial charge in [0, 0.05) is 11.8 Å². The summed E-state index contributed by atoms with van der Waals surface area (Å²) in [6, 6.07) is 8.31. The third-order valence-corrected chi connectivity index (χ3v) is 3.52. The van der Waals surface area contributed by atoms with E-state index < -0.39 is 5.97 Å². The van der Waals surface area contributed by atoms with Gasteiger partial charge >= 0.3 is 5.97 Å². The quantitative estimate of drug-likeness (QED) is 0.851. The second kappa shape index (κ2) is 4.88. The predicted octanol–water partition coefficient (Wildman–Crippen LogP) is 2.52. The van der Waals surface area contributed by atoms with Crippen molar-refractivity contribution >= 4 is 5.97 Å². The Labute approximate surface area is 101 Å². The average Bonchev–Trinajstić information content (AvgIpc) is 2.23. The van der Waals surface area contributed by atoms with Gasteiger partial charge in [-0.25, -0.2) is 0 Å². The Morgan fingerprint density at radius 3 is 2.65 bits per heavy atom. The SMILES string of the molecule is Cc1ccccc1C1(CCCC(=O)O)COC1. The molecular weight excluding hydrogens is 216 g/mol. The number of carboxylic acids is 1. The van der Waals surface area contributed by atoms with Crippen molar-refractivity contribution in [1.29, 1.82) is 0 Å². The lowest BCUT2D eigenvalue weighted by molar-refractivity contribution is -0.137. The highest BCUT2D eigenvalue weighted by Crippen LogP contribution is 2.38. The predicted molar refractivity (Wildman–Crippen MR) is 65.2 cm³/mol. The molecule has 1 heterocycles. The monoisotopic (exact) mass is 234 g/mol. The van der Waals surface area contributed by atoms with Gasteiger partial charge in [-0.2, -0.15) is 0 Å². The second-order valence-corrected chi connectivity index (χ2v) is 4.84. The lowest BCUT2D eigenvalue weighted by atomic mass is 9.73. The number of carbonyl (C=O) groups is 1. The molecule has 0 bridgehead atoms. The molecule has 1 aromatic rings. The minimum absolute atomic E-state index is 0.0563. The third kappa shape index (κ3) is 2.50. The Morgan fingerprint density at radius 1 is 1.41 bits per heavy atom. The summed E-state index contributed by atoms with van der Waals surface area (Å²) in [5, 5.41) is 8.69. The van der Waals surface area contributed by atoms with Gasteiger partial charge in [0.05, 0.1) is 13.2 Å². The van der Waals surface area contributed by atoms with E-state index >= 15 is 0 Å². The Kier molecular flexibility index (Phi) is 3.48. The van der Waals surface area contributed by atoms with Crippen molar-refractivity contribution in [3.63, 3.8) is 0 Å². The van der Waals surface area contributed by atoms with Crippen molar-refractivity contribution in [2.45, 2.75) is 31.6 Å². The highest BCUT2D eigenvalue weighted by Gasteiger charge is 2.40. The van der Waals surface area contributed by atoms with Crippen molar-refractivity contribution in [2.75, 3.05) is 13.2 Å². The summed E-state index contributed by atoms with van der Waals surface area (Å²) in [7, 11) is 0. The zero-order valence-electron chi connectivity index (χ0n) is 10.1. The highest BCUT2D eigenvalue weighted by atomic mass is 16.5. The Hall–Kier alpha value is -1.35. The Morgan fingerprint density at radius 2 is 2.12 bits per heavy atom. The molecule has 2 rings (SSSR count). The van der Waals surface area contributed by atoms with Crippen LogP contribution in [0.25, 0.3) is 0 Å². The van der Waals surface area contributed by atoms with E-state index in [9.17, 15) is 4.79 Å². The molecule has 0 atom stereocenters. The van der Waals surface area contributed by atoms with Crippen molar-refractivity contribution in [3.05, 3.63) is 35.4 Å². The summed E-state index contributed by atoms with van der Waals surface area (Å²) in [6.07, 6.45) is 1.85. The molecule has 0 radical (unpaired) electrons. The molecule has 0 aromatic heterocycles. The zero-order valence-corrected chi connectivity index (χ0v) is 10.1. The number of hydrogen-bond donors (Lipinski definition) is 1. The van der Waals surface area contributed by atoms with Crippen molar-refractivity contribution < 1.29 is 14.6 Å². The molecule has 1 saturated heterocycles. The van der Waals surface area contributed by atoms with Gasteiger partial charge in [-0.05, 0) is 30.9 Å². The molecule has 3 nitrogen and oxygen atoms in total. The number of rotatable bonds is 5. The number of hydrogen-bond acceptors (Lipinski definition) is 2. The maximum Gasteiger partial charge on any atom is 0.303 e. The molecule has 0 spiro atoms. The first-order valence-corrected chi connectivity index (χ1v) is 6.00. The van der Waals surface area contributed by atoms with Crippen LogP contribution in [0.2, 0.25) is 0 Å². The van der Waals surface area contributed by atoms with Gasteiger partial charge in [0.1, 0.15) is 0 Å². The first-order chi connectivity index (χ1) is 8.14. The van der Waals surface area contributed by atoms with Crippen LogP contribution in [0.5, 0.6) is 0 Å². The van der Waals surface area contributed by atoms with E-state index in [2.05, 4.69) is 19.1 Å². The minimum atomic E-state index is -0.717. The maximum atomic E-state index is 10.6. The van der Waals surface area contributed by atoms with E-state index in [1.54, 1.807) is 0 Å². The van der Waals surface area contributed by atoms with Crippen LogP contribution in [0, 0.1) is 6.92 Å². The van der Waals surface area contributed by atoms with E-state index in [0.717, 1.165) is 19.6 Å². The highest BCUT2D eigenvalue weighted by molar-refractivity contribution is 5.66. The van der Waals surface area contributed by atoms with Gasteiger partial charge in [-0.15, -0.1) is 0 Å². The van der Waals surface area contributed by atoms with Gasteiger partial charge < -0.3 is 9.84 Å². The summed E-state index contributed by atoms with van der Waals surface area (Å²) in [5.74, 6) is -0.717. The van der Waals surface area contributed by atoms with Crippen LogP contribution in [0.3, 0.4) is 0 Å². The van der Waals surface area contributed by atoms with Gasteiger partial charge in [-0.1, -0.05) is 24.3 Å². The number of carboxylic acid groups (broad SMARTS) is 1. The first-order valence-electron chi connectivity index (χ1n) is 6.00. The summed E-state index contributed by atoms with van der Waals surface area (Å²) in [4.78, 5) is 10.6. The fourth-order valence-electron chi connectivity index (χ4n) is 2.53. The van der Waals surface area contributed by atoms with E-state index in [0.29, 0.717) is 6.42 Å². The van der Waals surface area contributed by atoms with Gasteiger partial charge in [-0.3, -0.25) is 4.79 Å². The van der Waals surface area contributed by atoms with Crippen LogP contribution < -0.4 is 0 Å². The van der Waals surface area contributed by atoms with Crippen LogP contribution in [-0.2, 0) is 14.9 Å². The molecule has 1 N–H and O–H groups in total. The number of aryl methyl sites for hydroxylation is 1. The second-order valence-electron chi connectivity index (χ2n) is 4.84. The number of ether oxygens (including phenoxy) is 1. The Bertz CT molecular complexity index is 408. The summed E-state index contributed by atoms with van der Waals surface area (Å²) < 4.78 is 5.36. The van der Waals surface area contributed by atoms with Crippen molar-refractivity contribution in [2.24, 2.45) is 0 Å². The lowest BCUT2D eigenvalue weighted by Gasteiger charge is -2.43. The van der Waals surface area contributed by atoms with E-state index in [1.807, 2.05) is 12.1 Å². The molecular formula is C14H18O3. The number of aliphatic carboxylic acids is 1. The largest absolute Gasteiger partial charge is 0.481 e. The van der Waals surface area contributed by atoms with E-state index in [-0.39, 0.29) is 11.8 Å². The smallest absolute Gasteiger partial charge is 0.303 e. The van der Waals surface area contributed by atoms with Crippen LogP contribution in [0.1, 0.15) is 30.4 Å². The molecule has 0 saturated carbocycles. The molecule has 1 aliphatic heterocycles. The molecule has 0 amide bonds. The van der Waals surface area contributed by atoms with Crippen LogP contribution in [0.15, 0.2) is 24.3 Å². The Balaban J connectivity index is 2.09. The fourth-order valence-corrected chi connectivity index (χ4v) is 2.53. The van der Waals surface area contributed by atoms with E-state index in [1.165, 1.54) is 11.1 Å². The van der Waals surface area contributed by atoms with Crippen molar-refractivity contribution in [1.82, 2.24) is 0 Å².